The number of carboxylic acids is 4. The molecule has 0 aromatic rings. The molecular weight excluding hydrogens is 315 g/mol. The van der Waals surface area contributed by atoms with E-state index in [9.17, 15) is 19.2 Å². The maximum atomic E-state index is 9.85. The number of nitrogens with two attached hydrogens (primary N) is 2. The number of aliphatic carboxylic acids is 4. The van der Waals surface area contributed by atoms with E-state index in [1.807, 2.05) is 0 Å². The van der Waals surface area contributed by atoms with Crippen molar-refractivity contribution in [1.29, 1.82) is 0 Å². The minimum absolute atomic E-state index is 0. The van der Waals surface area contributed by atoms with Crippen molar-refractivity contribution in [2.45, 2.75) is 24.9 Å². The van der Waals surface area contributed by atoms with E-state index in [-0.39, 0.29) is 74.4 Å². The van der Waals surface area contributed by atoms with Crippen LogP contribution in [0.4, 0.5) is 0 Å². The number of carbonyl (C=O) groups is 4. The van der Waals surface area contributed by atoms with Crippen molar-refractivity contribution in [2.75, 3.05) is 0 Å². The molecule has 0 aromatic heterocycles. The largest absolute Gasteiger partial charge is 2.00 e. The van der Waals surface area contributed by atoms with Gasteiger partial charge in [0.1, 0.15) is 12.1 Å². The van der Waals surface area contributed by atoms with Crippen LogP contribution in [-0.4, -0.2) is 79.4 Å². The summed E-state index contributed by atoms with van der Waals surface area (Å²) in [4.78, 5) is 39.2. The van der Waals surface area contributed by atoms with Crippen LogP contribution >= 0.6 is 0 Å². The van der Waals surface area contributed by atoms with Crippen molar-refractivity contribution in [3.8, 4) is 0 Å². The zero-order chi connectivity index (χ0) is 14.9. The summed E-state index contributed by atoms with van der Waals surface area (Å²) in [7, 11) is 0. The second kappa shape index (κ2) is 15.6. The van der Waals surface area contributed by atoms with Crippen LogP contribution in [0.25, 0.3) is 0 Å². The summed E-state index contributed by atoms with van der Waals surface area (Å²) in [5.74, 6) is -5.00. The minimum Gasteiger partial charge on any atom is -0.481 e. The molecule has 8 N–H and O–H groups in total. The first kappa shape index (κ1) is 28.4. The predicted octanol–water partition coefficient (Wildman–Crippen LogP) is -5.63. The first-order chi connectivity index (χ1) is 8.07. The summed E-state index contributed by atoms with van der Waals surface area (Å²) in [6.07, 6.45) is -1.06. The number of hydrogen-bond donors (Lipinski definition) is 6. The van der Waals surface area contributed by atoms with Gasteiger partial charge >= 0.3 is 98.3 Å². The molecule has 0 spiro atoms. The second-order valence-corrected chi connectivity index (χ2v) is 3.09. The maximum Gasteiger partial charge on any atom is 2.00 e. The fourth-order valence-electron chi connectivity index (χ4n) is 0.551. The number of hydrogen-bond acceptors (Lipinski definition) is 6. The fourth-order valence-corrected chi connectivity index (χ4v) is 0.551. The molecule has 0 saturated heterocycles. The second-order valence-electron chi connectivity index (χ2n) is 3.09. The van der Waals surface area contributed by atoms with Crippen molar-refractivity contribution in [2.24, 2.45) is 11.5 Å². The molecule has 0 amide bonds. The molecule has 0 aliphatic heterocycles. The average Bonchev–Trinajstić information content (AvgIpc) is 2.16. The van der Waals surface area contributed by atoms with Crippen LogP contribution in [-0.2, 0) is 19.2 Å². The Kier molecular flexibility index (Phi) is 22.1. The van der Waals surface area contributed by atoms with Crippen LogP contribution < -0.4 is 62.9 Å². The Hall–Kier alpha value is 0.203. The van der Waals surface area contributed by atoms with Crippen LogP contribution in [0.2, 0.25) is 0 Å². The molecular formula is C8H14KMgN2O8+3. The van der Waals surface area contributed by atoms with Gasteiger partial charge in [0.15, 0.2) is 0 Å². The Morgan fingerprint density at radius 2 is 0.950 bits per heavy atom. The Bertz CT molecular complexity index is 308. The number of rotatable bonds is 6. The van der Waals surface area contributed by atoms with Gasteiger partial charge in [0.2, 0.25) is 0 Å². The number of carboxylic acid groups (broad SMARTS) is 4. The third kappa shape index (κ3) is 20.5. The molecule has 0 rings (SSSR count). The van der Waals surface area contributed by atoms with E-state index >= 15 is 0 Å². The van der Waals surface area contributed by atoms with Crippen LogP contribution in [0.1, 0.15) is 12.8 Å². The molecule has 0 heterocycles. The van der Waals surface area contributed by atoms with Gasteiger partial charge in [-0.25, -0.2) is 0 Å². The molecule has 0 radical (unpaired) electrons. The van der Waals surface area contributed by atoms with Gasteiger partial charge in [-0.05, 0) is 0 Å². The summed E-state index contributed by atoms with van der Waals surface area (Å²) in [6, 6.07) is -2.58. The van der Waals surface area contributed by atoms with Crippen molar-refractivity contribution >= 4 is 46.9 Å². The topological polar surface area (TPSA) is 201 Å². The minimum atomic E-state index is -1.29. The van der Waals surface area contributed by atoms with Crippen molar-refractivity contribution < 1.29 is 91.0 Å². The predicted molar refractivity (Wildman–Crippen MR) is 61.5 cm³/mol. The Morgan fingerprint density at radius 3 is 1.00 bits per heavy atom. The van der Waals surface area contributed by atoms with E-state index in [0.717, 1.165) is 0 Å². The maximum absolute atomic E-state index is 9.85. The van der Waals surface area contributed by atoms with E-state index < -0.39 is 48.8 Å². The van der Waals surface area contributed by atoms with E-state index in [1.54, 1.807) is 0 Å². The standard InChI is InChI=1S/2C4H7NO4.K.Mg/c2*5-2(4(8)9)1-3(6)7;;/h2*2H,1,5H2,(H,6,7)(H,8,9);;/q;;+1;+2. The van der Waals surface area contributed by atoms with Crippen molar-refractivity contribution in [3.63, 3.8) is 0 Å². The molecule has 20 heavy (non-hydrogen) atoms. The molecule has 2 atom stereocenters. The SMILES string of the molecule is NC(CC(=O)O)C(=O)O.NC(CC(=O)O)C(=O)O.[K+].[Mg+2]. The summed E-state index contributed by atoms with van der Waals surface area (Å²) < 4.78 is 0. The third-order valence-corrected chi connectivity index (χ3v) is 1.42. The molecule has 0 aliphatic carbocycles. The molecule has 104 valence electrons. The normalized spacial score (nSPS) is 11.3. The van der Waals surface area contributed by atoms with E-state index in [1.165, 1.54) is 0 Å². The summed E-state index contributed by atoms with van der Waals surface area (Å²) in [5.41, 5.74) is 9.67. The van der Waals surface area contributed by atoms with Gasteiger partial charge in [-0.3, -0.25) is 19.2 Å². The van der Waals surface area contributed by atoms with E-state index in [0.29, 0.717) is 0 Å². The molecule has 0 aromatic carbocycles. The zero-order valence-electron chi connectivity index (χ0n) is 10.9. The first-order valence-corrected chi connectivity index (χ1v) is 4.48. The van der Waals surface area contributed by atoms with E-state index in [4.69, 9.17) is 31.9 Å². The van der Waals surface area contributed by atoms with Gasteiger partial charge in [0.25, 0.3) is 0 Å². The van der Waals surface area contributed by atoms with Gasteiger partial charge in [-0.1, -0.05) is 0 Å². The summed E-state index contributed by atoms with van der Waals surface area (Å²) in [5, 5.41) is 32.1. The molecule has 12 heteroatoms. The average molecular weight is 330 g/mol. The fraction of sp³-hybridized carbons (Fsp3) is 0.500. The monoisotopic (exact) mass is 329 g/mol. The van der Waals surface area contributed by atoms with E-state index in [2.05, 4.69) is 0 Å². The molecule has 0 aliphatic rings. The molecule has 0 saturated carbocycles. The quantitative estimate of drug-likeness (QED) is 0.255. The van der Waals surface area contributed by atoms with Crippen molar-refractivity contribution in [1.82, 2.24) is 0 Å². The van der Waals surface area contributed by atoms with Crippen molar-refractivity contribution in [3.05, 3.63) is 0 Å². The van der Waals surface area contributed by atoms with Crippen LogP contribution in [0, 0.1) is 0 Å². The molecule has 10 nitrogen and oxygen atoms in total. The van der Waals surface area contributed by atoms with Gasteiger partial charge in [-0.15, -0.1) is 0 Å². The Morgan fingerprint density at radius 1 is 0.750 bits per heavy atom. The first-order valence-electron chi connectivity index (χ1n) is 4.48. The molecule has 0 bridgehead atoms. The third-order valence-electron chi connectivity index (χ3n) is 1.42. The smallest absolute Gasteiger partial charge is 0.481 e. The summed E-state index contributed by atoms with van der Waals surface area (Å²) >= 11 is 0. The van der Waals surface area contributed by atoms with Crippen LogP contribution in [0.3, 0.4) is 0 Å². The van der Waals surface area contributed by atoms with Crippen LogP contribution in [0.5, 0.6) is 0 Å². The van der Waals surface area contributed by atoms with Gasteiger partial charge < -0.3 is 31.9 Å². The van der Waals surface area contributed by atoms with Gasteiger partial charge in [0, 0.05) is 0 Å². The Balaban J connectivity index is -0.000000116. The van der Waals surface area contributed by atoms with Gasteiger partial charge in [0.05, 0.1) is 12.8 Å². The summed E-state index contributed by atoms with van der Waals surface area (Å²) in [6.45, 7) is 0. The zero-order valence-corrected chi connectivity index (χ0v) is 15.4. The Labute approximate surface area is 172 Å². The van der Waals surface area contributed by atoms with Crippen LogP contribution in [0.15, 0.2) is 0 Å². The van der Waals surface area contributed by atoms with Gasteiger partial charge in [-0.2, -0.15) is 0 Å². The molecule has 2 unspecified atom stereocenters. The molecule has 0 fully saturated rings.